The first-order valence-electron chi connectivity index (χ1n) is 34.5. The van der Waals surface area contributed by atoms with E-state index in [1.165, 1.54) is 141 Å². The van der Waals surface area contributed by atoms with Crippen molar-refractivity contribution in [3.63, 3.8) is 0 Å². The third-order valence-electron chi connectivity index (χ3n) is 14.7. The fourth-order valence-electron chi connectivity index (χ4n) is 9.62. The van der Waals surface area contributed by atoms with Gasteiger partial charge in [0.1, 0.15) is 13.2 Å². The van der Waals surface area contributed by atoms with Gasteiger partial charge in [0.2, 0.25) is 0 Å². The van der Waals surface area contributed by atoms with Crippen LogP contribution >= 0.6 is 0 Å². The van der Waals surface area contributed by atoms with E-state index in [1.807, 2.05) is 0 Å². The minimum Gasteiger partial charge on any atom is -0.462 e. The van der Waals surface area contributed by atoms with Gasteiger partial charge in [-0.3, -0.25) is 14.4 Å². The van der Waals surface area contributed by atoms with E-state index in [0.29, 0.717) is 19.3 Å². The number of ether oxygens (including phenoxy) is 3. The molecule has 0 rings (SSSR count). The van der Waals surface area contributed by atoms with Crippen molar-refractivity contribution in [2.45, 2.75) is 329 Å². The molecule has 0 aromatic rings. The van der Waals surface area contributed by atoms with Crippen LogP contribution < -0.4 is 0 Å². The highest BCUT2D eigenvalue weighted by Crippen LogP contribution is 2.17. The molecular formula is C76H128O6. The van der Waals surface area contributed by atoms with Crippen LogP contribution in [0.15, 0.2) is 122 Å². The summed E-state index contributed by atoms with van der Waals surface area (Å²) in [6.45, 7) is 6.39. The summed E-state index contributed by atoms with van der Waals surface area (Å²) >= 11 is 0. The lowest BCUT2D eigenvalue weighted by molar-refractivity contribution is -0.167. The van der Waals surface area contributed by atoms with Gasteiger partial charge in [-0.15, -0.1) is 0 Å². The number of allylic oxidation sites excluding steroid dienone is 20. The number of hydrogen-bond donors (Lipinski definition) is 0. The van der Waals surface area contributed by atoms with Gasteiger partial charge < -0.3 is 14.2 Å². The number of unbranched alkanes of at least 4 members (excludes halogenated alkanes) is 31. The first-order valence-corrected chi connectivity index (χ1v) is 34.5. The van der Waals surface area contributed by atoms with Crippen LogP contribution in [0.1, 0.15) is 323 Å². The molecule has 6 heteroatoms. The van der Waals surface area contributed by atoms with Crippen molar-refractivity contribution in [3.05, 3.63) is 122 Å². The molecule has 0 aliphatic rings. The van der Waals surface area contributed by atoms with Gasteiger partial charge in [0.25, 0.3) is 0 Å². The van der Waals surface area contributed by atoms with Crippen LogP contribution in [-0.4, -0.2) is 37.2 Å². The van der Waals surface area contributed by atoms with E-state index in [9.17, 15) is 14.4 Å². The summed E-state index contributed by atoms with van der Waals surface area (Å²) in [6.07, 6.45) is 96.8. The van der Waals surface area contributed by atoms with Gasteiger partial charge in [-0.2, -0.15) is 0 Å². The van der Waals surface area contributed by atoms with Crippen LogP contribution in [0.4, 0.5) is 0 Å². The molecule has 0 bridgehead atoms. The summed E-state index contributed by atoms with van der Waals surface area (Å²) in [5, 5.41) is 0. The lowest BCUT2D eigenvalue weighted by atomic mass is 10.0. The molecule has 6 nitrogen and oxygen atoms in total. The maximum atomic E-state index is 12.9. The maximum absolute atomic E-state index is 12.9. The standard InChI is InChI=1S/C76H128O6/c1-4-7-10-13-16-19-21-23-25-27-29-31-32-33-34-35-36-37-38-39-40-41-42-43-44-46-47-49-51-53-55-57-60-63-66-69-75(78)81-72-73(71-80-74(77)68-65-62-59-18-15-12-9-6-3)82-76(79)70-67-64-61-58-56-54-52-50-48-45-30-28-26-24-22-20-17-14-11-8-5-2/h7-8,10-11,16-17,19-20,23-26,29-31,33-34,45,50,52,73H,4-6,9,12-15,18,21-22,27-28,32,35-44,46-49,51,53-72H2,1-3H3/b10-7-,11-8-,19-16-,20-17-,25-23-,26-24-,31-29-,34-33-,45-30-,52-50-. The third kappa shape index (κ3) is 66.6. The van der Waals surface area contributed by atoms with Crippen molar-refractivity contribution in [3.8, 4) is 0 Å². The number of carbonyl (C=O) groups is 3. The molecule has 0 saturated heterocycles. The lowest BCUT2D eigenvalue weighted by Gasteiger charge is -2.18. The normalized spacial score (nSPS) is 12.9. The summed E-state index contributed by atoms with van der Waals surface area (Å²) in [5.74, 6) is -0.897. The highest BCUT2D eigenvalue weighted by atomic mass is 16.6. The lowest BCUT2D eigenvalue weighted by Crippen LogP contribution is -2.30. The van der Waals surface area contributed by atoms with E-state index in [0.717, 1.165) is 141 Å². The molecule has 0 radical (unpaired) electrons. The Morgan fingerprint density at radius 3 is 0.744 bits per heavy atom. The maximum Gasteiger partial charge on any atom is 0.306 e. The first kappa shape index (κ1) is 77.8. The Kier molecular flexibility index (Phi) is 65.8. The number of carbonyl (C=O) groups excluding carboxylic acids is 3. The molecule has 0 spiro atoms. The second kappa shape index (κ2) is 69.3. The Balaban J connectivity index is 4.08. The molecule has 0 saturated carbocycles. The summed E-state index contributed by atoms with van der Waals surface area (Å²) in [7, 11) is 0. The zero-order valence-corrected chi connectivity index (χ0v) is 53.7. The Hall–Kier alpha value is -4.19. The Morgan fingerprint density at radius 1 is 0.256 bits per heavy atom. The summed E-state index contributed by atoms with van der Waals surface area (Å²) < 4.78 is 16.9. The van der Waals surface area contributed by atoms with E-state index >= 15 is 0 Å². The average molecular weight is 1140 g/mol. The highest BCUT2D eigenvalue weighted by Gasteiger charge is 2.19. The van der Waals surface area contributed by atoms with Gasteiger partial charge >= 0.3 is 17.9 Å². The van der Waals surface area contributed by atoms with E-state index in [2.05, 4.69) is 142 Å². The van der Waals surface area contributed by atoms with Gasteiger partial charge in [-0.25, -0.2) is 0 Å². The largest absolute Gasteiger partial charge is 0.462 e. The molecule has 0 heterocycles. The van der Waals surface area contributed by atoms with Crippen molar-refractivity contribution in [1.29, 1.82) is 0 Å². The third-order valence-corrected chi connectivity index (χ3v) is 14.7. The number of esters is 3. The van der Waals surface area contributed by atoms with Gasteiger partial charge in [0.05, 0.1) is 0 Å². The van der Waals surface area contributed by atoms with Gasteiger partial charge in [-0.05, 0) is 109 Å². The Morgan fingerprint density at radius 2 is 0.476 bits per heavy atom. The van der Waals surface area contributed by atoms with E-state index in [4.69, 9.17) is 14.2 Å². The van der Waals surface area contributed by atoms with Crippen LogP contribution in [0.2, 0.25) is 0 Å². The van der Waals surface area contributed by atoms with Gasteiger partial charge in [-0.1, -0.05) is 316 Å². The molecule has 0 amide bonds. The number of hydrogen-bond acceptors (Lipinski definition) is 6. The molecule has 0 aromatic heterocycles. The van der Waals surface area contributed by atoms with Crippen LogP contribution in [0, 0.1) is 0 Å². The van der Waals surface area contributed by atoms with E-state index in [1.54, 1.807) is 0 Å². The first-order chi connectivity index (χ1) is 40.5. The fourth-order valence-corrected chi connectivity index (χ4v) is 9.62. The molecule has 82 heavy (non-hydrogen) atoms. The summed E-state index contributed by atoms with van der Waals surface area (Å²) in [4.78, 5) is 38.2. The number of rotatable bonds is 62. The molecule has 0 aromatic carbocycles. The minimum atomic E-state index is -0.787. The molecule has 1 unspecified atom stereocenters. The summed E-state index contributed by atoms with van der Waals surface area (Å²) in [6, 6.07) is 0. The minimum absolute atomic E-state index is 0.0836. The SMILES string of the molecule is CC/C=C\C/C=C\C/C=C\C/C=C\C/C=C\CCCCCCCCCCCCCCCCCCCCCC(=O)OCC(COC(=O)CCCCCCCCCC)OC(=O)CCCCCCC/C=C\C/C=C\C/C=C\C/C=C\C/C=C\CC. The fraction of sp³-hybridized carbons (Fsp3) is 0.697. The average Bonchev–Trinajstić information content (AvgIpc) is 3.47. The van der Waals surface area contributed by atoms with Crippen molar-refractivity contribution in [1.82, 2.24) is 0 Å². The van der Waals surface area contributed by atoms with Crippen LogP contribution in [0.3, 0.4) is 0 Å². The predicted molar refractivity (Wildman–Crippen MR) is 357 cm³/mol. The molecule has 468 valence electrons. The topological polar surface area (TPSA) is 78.9 Å². The van der Waals surface area contributed by atoms with Gasteiger partial charge in [0, 0.05) is 19.3 Å². The van der Waals surface area contributed by atoms with E-state index in [-0.39, 0.29) is 31.1 Å². The molecule has 0 aliphatic heterocycles. The smallest absolute Gasteiger partial charge is 0.306 e. The van der Waals surface area contributed by atoms with Gasteiger partial charge in [0.15, 0.2) is 6.10 Å². The van der Waals surface area contributed by atoms with Crippen molar-refractivity contribution < 1.29 is 28.6 Å². The van der Waals surface area contributed by atoms with Crippen molar-refractivity contribution in [2.75, 3.05) is 13.2 Å². The van der Waals surface area contributed by atoms with Crippen molar-refractivity contribution >= 4 is 17.9 Å². The molecular weight excluding hydrogens is 1010 g/mol. The van der Waals surface area contributed by atoms with Crippen LogP contribution in [0.5, 0.6) is 0 Å². The second-order valence-electron chi connectivity index (χ2n) is 22.7. The molecule has 0 aliphatic carbocycles. The van der Waals surface area contributed by atoms with Crippen LogP contribution in [0.25, 0.3) is 0 Å². The zero-order valence-electron chi connectivity index (χ0n) is 53.7. The molecule has 1 atom stereocenters. The monoisotopic (exact) mass is 1140 g/mol. The zero-order chi connectivity index (χ0) is 59.2. The summed E-state index contributed by atoms with van der Waals surface area (Å²) in [5.41, 5.74) is 0. The van der Waals surface area contributed by atoms with Crippen LogP contribution in [-0.2, 0) is 28.6 Å². The second-order valence-corrected chi connectivity index (χ2v) is 22.7. The molecule has 0 fully saturated rings. The quantitative estimate of drug-likeness (QED) is 0.0261. The molecule has 0 N–H and O–H groups in total. The Labute approximate surface area is 507 Å². The Bertz CT molecular complexity index is 1690. The van der Waals surface area contributed by atoms with Crippen molar-refractivity contribution in [2.24, 2.45) is 0 Å². The predicted octanol–water partition coefficient (Wildman–Crippen LogP) is 23.9. The van der Waals surface area contributed by atoms with E-state index < -0.39 is 6.10 Å². The highest BCUT2D eigenvalue weighted by molar-refractivity contribution is 5.71.